The number of carboxylic acid groups (broad SMARTS) is 1. The van der Waals surface area contributed by atoms with Crippen LogP contribution in [0.2, 0.25) is 0 Å². The van der Waals surface area contributed by atoms with Gasteiger partial charge in [0.25, 0.3) is 0 Å². The smallest absolute Gasteiger partial charge is 0.354 e. The molecule has 2 aliphatic heterocycles. The Morgan fingerprint density at radius 1 is 1.05 bits per heavy atom. The molecule has 1 aromatic carbocycles. The van der Waals surface area contributed by atoms with Crippen LogP contribution in [0, 0.1) is 17.2 Å². The number of benzene rings is 1. The van der Waals surface area contributed by atoms with E-state index < -0.39 is 5.97 Å². The minimum absolute atomic E-state index is 0.0547. The highest BCUT2D eigenvalue weighted by Crippen LogP contribution is 2.36. The third-order valence-electron chi connectivity index (χ3n) is 7.79. The maximum atomic E-state index is 12.2. The average Bonchev–Trinajstić information content (AvgIpc) is 3.41. The molecule has 0 radical (unpaired) electrons. The van der Waals surface area contributed by atoms with Crippen molar-refractivity contribution in [3.05, 3.63) is 54.1 Å². The molecule has 2 fully saturated rings. The first-order valence-electron chi connectivity index (χ1n) is 14.0. The van der Waals surface area contributed by atoms with Gasteiger partial charge in [-0.05, 0) is 43.0 Å². The minimum Gasteiger partial charge on any atom is -0.477 e. The Kier molecular flexibility index (Phi) is 7.24. The molecule has 0 aliphatic carbocycles. The third kappa shape index (κ3) is 5.18. The number of hydrogen-bond donors (Lipinski definition) is 1. The number of nitriles is 1. The number of anilines is 2. The van der Waals surface area contributed by atoms with Crippen LogP contribution in [0.5, 0.6) is 0 Å². The molecule has 2 saturated heterocycles. The van der Waals surface area contributed by atoms with E-state index in [4.69, 9.17) is 9.84 Å². The van der Waals surface area contributed by atoms with Crippen LogP contribution in [0.15, 0.2) is 42.7 Å². The lowest BCUT2D eigenvalue weighted by Gasteiger charge is -2.29. The van der Waals surface area contributed by atoms with Crippen LogP contribution in [0.3, 0.4) is 0 Å². The molecule has 3 aromatic heterocycles. The molecule has 0 spiro atoms. The molecular formula is C30H32N8O3. The molecule has 41 heavy (non-hydrogen) atoms. The first-order valence-corrected chi connectivity index (χ1v) is 14.0. The summed E-state index contributed by atoms with van der Waals surface area (Å²) in [6, 6.07) is 12.0. The van der Waals surface area contributed by atoms with Crippen molar-refractivity contribution >= 4 is 28.6 Å². The van der Waals surface area contributed by atoms with E-state index in [1.807, 2.05) is 12.1 Å². The van der Waals surface area contributed by atoms with Crippen LogP contribution in [-0.4, -0.2) is 75.2 Å². The first-order chi connectivity index (χ1) is 19.9. The number of carboxylic acids is 1. The molecule has 0 atom stereocenters. The van der Waals surface area contributed by atoms with Gasteiger partial charge in [0, 0.05) is 61.3 Å². The van der Waals surface area contributed by atoms with Gasteiger partial charge in [0.1, 0.15) is 0 Å². The van der Waals surface area contributed by atoms with Gasteiger partial charge in [0.2, 0.25) is 5.95 Å². The number of fused-ring (bicyclic) bond motifs is 1. The molecule has 210 valence electrons. The van der Waals surface area contributed by atoms with Crippen LogP contribution in [0.4, 0.5) is 11.6 Å². The van der Waals surface area contributed by atoms with Gasteiger partial charge in [-0.3, -0.25) is 0 Å². The Balaban J connectivity index is 1.45. The molecule has 2 aliphatic rings. The van der Waals surface area contributed by atoms with Crippen molar-refractivity contribution in [1.82, 2.24) is 24.7 Å². The predicted octanol–water partition coefficient (Wildman–Crippen LogP) is 4.28. The second-order valence-electron chi connectivity index (χ2n) is 10.8. The summed E-state index contributed by atoms with van der Waals surface area (Å²) in [7, 11) is 0. The van der Waals surface area contributed by atoms with Gasteiger partial charge in [0.15, 0.2) is 11.3 Å². The summed E-state index contributed by atoms with van der Waals surface area (Å²) in [5, 5.41) is 25.0. The number of aromatic carboxylic acids is 1. The average molecular weight is 553 g/mol. The molecule has 11 heteroatoms. The lowest BCUT2D eigenvalue weighted by Crippen LogP contribution is -2.36. The van der Waals surface area contributed by atoms with Gasteiger partial charge in [-0.15, -0.1) is 0 Å². The summed E-state index contributed by atoms with van der Waals surface area (Å²) >= 11 is 0. The fraction of sp³-hybridized carbons (Fsp3) is 0.400. The van der Waals surface area contributed by atoms with Gasteiger partial charge >= 0.3 is 5.97 Å². The van der Waals surface area contributed by atoms with Crippen molar-refractivity contribution in [3.8, 4) is 22.9 Å². The summed E-state index contributed by atoms with van der Waals surface area (Å²) in [4.78, 5) is 30.4. The topological polar surface area (TPSA) is 133 Å². The molecule has 0 bridgehead atoms. The van der Waals surface area contributed by atoms with Crippen molar-refractivity contribution in [1.29, 1.82) is 5.26 Å². The van der Waals surface area contributed by atoms with Gasteiger partial charge in [-0.2, -0.15) is 10.4 Å². The Hall–Kier alpha value is -4.56. The zero-order chi connectivity index (χ0) is 28.5. The van der Waals surface area contributed by atoms with E-state index in [1.54, 1.807) is 23.1 Å². The predicted molar refractivity (Wildman–Crippen MR) is 155 cm³/mol. The number of pyridine rings is 1. The van der Waals surface area contributed by atoms with E-state index >= 15 is 0 Å². The summed E-state index contributed by atoms with van der Waals surface area (Å²) in [6.45, 7) is 8.56. The Morgan fingerprint density at radius 2 is 1.76 bits per heavy atom. The summed E-state index contributed by atoms with van der Waals surface area (Å²) in [5.41, 5.74) is 4.46. The van der Waals surface area contributed by atoms with Crippen LogP contribution in [0.25, 0.3) is 27.8 Å². The lowest BCUT2D eigenvalue weighted by molar-refractivity contribution is 0.0691. The van der Waals surface area contributed by atoms with E-state index in [0.717, 1.165) is 61.5 Å². The monoisotopic (exact) mass is 552 g/mol. The molecule has 5 heterocycles. The highest BCUT2D eigenvalue weighted by atomic mass is 16.5. The second-order valence-corrected chi connectivity index (χ2v) is 10.8. The third-order valence-corrected chi connectivity index (χ3v) is 7.79. The van der Waals surface area contributed by atoms with E-state index in [1.165, 1.54) is 0 Å². The van der Waals surface area contributed by atoms with Crippen molar-refractivity contribution in [2.75, 3.05) is 49.2 Å². The zero-order valence-electron chi connectivity index (χ0n) is 23.2. The number of hydrogen-bond acceptors (Lipinski definition) is 9. The second kappa shape index (κ2) is 11.1. The van der Waals surface area contributed by atoms with Crippen molar-refractivity contribution in [3.63, 3.8) is 0 Å². The van der Waals surface area contributed by atoms with Gasteiger partial charge in [-0.25, -0.2) is 24.4 Å². The molecule has 0 amide bonds. The highest BCUT2D eigenvalue weighted by molar-refractivity contribution is 6.00. The minimum atomic E-state index is -1.12. The standard InChI is InChI=1S/C30H32N8O3/c1-19(2)27-26-24(21-17-32-30(33-18-21)37-8-6-20(16-31)7-9-37)15-25(29(39)40)34-28(26)38(35-27)23-5-3-4-22(14-23)36-10-12-41-13-11-36/h3-5,14-15,17-20H,6-13H2,1-2H3,(H,39,40). The summed E-state index contributed by atoms with van der Waals surface area (Å²) in [6.07, 6.45) is 5.05. The van der Waals surface area contributed by atoms with Crippen LogP contribution in [0.1, 0.15) is 48.8 Å². The quantitative estimate of drug-likeness (QED) is 0.369. The van der Waals surface area contributed by atoms with E-state index in [2.05, 4.69) is 56.8 Å². The summed E-state index contributed by atoms with van der Waals surface area (Å²) < 4.78 is 7.26. The van der Waals surface area contributed by atoms with Crippen LogP contribution >= 0.6 is 0 Å². The fourth-order valence-electron chi connectivity index (χ4n) is 5.54. The van der Waals surface area contributed by atoms with Crippen molar-refractivity contribution in [2.45, 2.75) is 32.6 Å². The number of morpholine rings is 1. The highest BCUT2D eigenvalue weighted by Gasteiger charge is 2.25. The number of rotatable bonds is 6. The fourth-order valence-corrected chi connectivity index (χ4v) is 5.54. The van der Waals surface area contributed by atoms with E-state index in [0.29, 0.717) is 35.9 Å². The normalized spacial score (nSPS) is 16.3. The number of carbonyl (C=O) groups is 1. The molecule has 11 nitrogen and oxygen atoms in total. The van der Waals surface area contributed by atoms with E-state index in [-0.39, 0.29) is 17.5 Å². The maximum Gasteiger partial charge on any atom is 0.354 e. The molecule has 0 saturated carbocycles. The SMILES string of the molecule is CC(C)c1nn(-c2cccc(N3CCOCC3)c2)c2nc(C(=O)O)cc(-c3cnc(N4CCC(C#N)CC4)nc3)c12. The number of aromatic nitrogens is 5. The first kappa shape index (κ1) is 26.7. The van der Waals surface area contributed by atoms with Crippen molar-refractivity contribution < 1.29 is 14.6 Å². The lowest BCUT2D eigenvalue weighted by atomic mass is 9.98. The Morgan fingerprint density at radius 3 is 2.41 bits per heavy atom. The Bertz CT molecular complexity index is 1610. The van der Waals surface area contributed by atoms with E-state index in [9.17, 15) is 15.2 Å². The molecule has 0 unspecified atom stereocenters. The largest absolute Gasteiger partial charge is 0.477 e. The van der Waals surface area contributed by atoms with Gasteiger partial charge < -0.3 is 19.6 Å². The van der Waals surface area contributed by atoms with Gasteiger partial charge in [-0.1, -0.05) is 19.9 Å². The van der Waals surface area contributed by atoms with Crippen LogP contribution < -0.4 is 9.80 Å². The maximum absolute atomic E-state index is 12.2. The Labute approximate surface area is 238 Å². The molecule has 1 N–H and O–H groups in total. The number of ether oxygens (including phenoxy) is 1. The molecular weight excluding hydrogens is 520 g/mol. The molecule has 6 rings (SSSR count). The van der Waals surface area contributed by atoms with Crippen LogP contribution in [-0.2, 0) is 4.74 Å². The van der Waals surface area contributed by atoms with Gasteiger partial charge in [0.05, 0.1) is 36.1 Å². The molecule has 4 aromatic rings. The van der Waals surface area contributed by atoms with Crippen molar-refractivity contribution in [2.24, 2.45) is 5.92 Å². The zero-order valence-corrected chi connectivity index (χ0v) is 23.2. The number of nitrogens with zero attached hydrogens (tertiary/aromatic N) is 8. The number of piperidine rings is 1. The summed E-state index contributed by atoms with van der Waals surface area (Å²) in [5.74, 6) is -0.384.